The minimum Gasteiger partial charge on any atom is -0.472 e. The number of furan rings is 1. The van der Waals surface area contributed by atoms with E-state index < -0.39 is 0 Å². The second-order valence-corrected chi connectivity index (χ2v) is 4.07. The SMILES string of the molecule is CN=C(NCc1ccoc1)NCC1CCCO1.I. The average Bonchev–Trinajstić information content (AvgIpc) is 3.02. The zero-order valence-corrected chi connectivity index (χ0v) is 12.8. The summed E-state index contributed by atoms with van der Waals surface area (Å²) in [4.78, 5) is 4.16. The van der Waals surface area contributed by atoms with Crippen molar-refractivity contribution in [2.24, 2.45) is 4.99 Å². The minimum absolute atomic E-state index is 0. The van der Waals surface area contributed by atoms with Crippen molar-refractivity contribution in [3.63, 3.8) is 0 Å². The van der Waals surface area contributed by atoms with Gasteiger partial charge in [0.15, 0.2) is 5.96 Å². The maximum absolute atomic E-state index is 5.54. The van der Waals surface area contributed by atoms with Crippen molar-refractivity contribution in [3.05, 3.63) is 24.2 Å². The van der Waals surface area contributed by atoms with Gasteiger partial charge in [-0.25, -0.2) is 0 Å². The molecule has 0 spiro atoms. The summed E-state index contributed by atoms with van der Waals surface area (Å²) in [5.74, 6) is 0.793. The molecule has 0 saturated carbocycles. The first-order valence-corrected chi connectivity index (χ1v) is 5.95. The van der Waals surface area contributed by atoms with Gasteiger partial charge in [-0.3, -0.25) is 4.99 Å². The Bertz CT molecular complexity index is 348. The number of hydrogen-bond acceptors (Lipinski definition) is 3. The fraction of sp³-hybridized carbons (Fsp3) is 0.583. The lowest BCUT2D eigenvalue weighted by molar-refractivity contribution is 0.114. The fourth-order valence-corrected chi connectivity index (χ4v) is 1.82. The highest BCUT2D eigenvalue weighted by atomic mass is 127. The lowest BCUT2D eigenvalue weighted by Crippen LogP contribution is -2.40. The van der Waals surface area contributed by atoms with Crippen LogP contribution in [0.25, 0.3) is 0 Å². The van der Waals surface area contributed by atoms with Crippen LogP contribution in [0, 0.1) is 0 Å². The van der Waals surface area contributed by atoms with Gasteiger partial charge in [-0.15, -0.1) is 24.0 Å². The Kier molecular flexibility index (Phi) is 7.11. The van der Waals surface area contributed by atoms with Gasteiger partial charge in [0.2, 0.25) is 0 Å². The summed E-state index contributed by atoms with van der Waals surface area (Å²) in [6, 6.07) is 1.93. The van der Waals surface area contributed by atoms with E-state index in [1.54, 1.807) is 19.6 Å². The minimum atomic E-state index is 0. The van der Waals surface area contributed by atoms with Crippen LogP contribution in [0.1, 0.15) is 18.4 Å². The first kappa shape index (κ1) is 15.3. The van der Waals surface area contributed by atoms with Gasteiger partial charge in [0.1, 0.15) is 0 Å². The number of halogens is 1. The summed E-state index contributed by atoms with van der Waals surface area (Å²) >= 11 is 0. The molecule has 0 amide bonds. The van der Waals surface area contributed by atoms with Gasteiger partial charge in [0.05, 0.1) is 18.6 Å². The summed E-state index contributed by atoms with van der Waals surface area (Å²) in [6.07, 6.45) is 6.00. The van der Waals surface area contributed by atoms with E-state index >= 15 is 0 Å². The van der Waals surface area contributed by atoms with E-state index in [-0.39, 0.29) is 24.0 Å². The highest BCUT2D eigenvalue weighted by Crippen LogP contribution is 2.10. The van der Waals surface area contributed by atoms with E-state index in [0.717, 1.165) is 37.5 Å². The van der Waals surface area contributed by atoms with Crippen LogP contribution in [0.4, 0.5) is 0 Å². The van der Waals surface area contributed by atoms with Crippen molar-refractivity contribution in [1.29, 1.82) is 0 Å². The lowest BCUT2D eigenvalue weighted by Gasteiger charge is -2.14. The van der Waals surface area contributed by atoms with Gasteiger partial charge < -0.3 is 19.8 Å². The molecule has 18 heavy (non-hydrogen) atoms. The van der Waals surface area contributed by atoms with Crippen molar-refractivity contribution in [1.82, 2.24) is 10.6 Å². The number of aliphatic imine (C=N–C) groups is 1. The number of ether oxygens (including phenoxy) is 1. The molecule has 1 aliphatic heterocycles. The number of rotatable bonds is 4. The van der Waals surface area contributed by atoms with Crippen LogP contribution in [0.2, 0.25) is 0 Å². The second-order valence-electron chi connectivity index (χ2n) is 4.07. The fourth-order valence-electron chi connectivity index (χ4n) is 1.82. The molecule has 1 aromatic rings. The molecule has 2 N–H and O–H groups in total. The summed E-state index contributed by atoms with van der Waals surface area (Å²) in [5.41, 5.74) is 1.10. The van der Waals surface area contributed by atoms with Crippen LogP contribution in [0.3, 0.4) is 0 Å². The predicted octanol–water partition coefficient (Wildman–Crippen LogP) is 1.74. The van der Waals surface area contributed by atoms with E-state index in [1.807, 2.05) is 6.07 Å². The second kappa shape index (κ2) is 8.36. The van der Waals surface area contributed by atoms with Gasteiger partial charge in [-0.05, 0) is 18.9 Å². The smallest absolute Gasteiger partial charge is 0.191 e. The molecule has 0 aromatic carbocycles. The van der Waals surface area contributed by atoms with Gasteiger partial charge in [0, 0.05) is 32.3 Å². The lowest BCUT2D eigenvalue weighted by atomic mass is 10.2. The standard InChI is InChI=1S/C12H19N3O2.HI/c1-13-12(14-7-10-4-6-16-9-10)15-8-11-3-2-5-17-11;/h4,6,9,11H,2-3,5,7-8H2,1H3,(H2,13,14,15);1H. The normalized spacial score (nSPS) is 19.4. The van der Waals surface area contributed by atoms with Crippen molar-refractivity contribution < 1.29 is 9.15 Å². The Morgan fingerprint density at radius 1 is 1.50 bits per heavy atom. The molecule has 1 saturated heterocycles. The Morgan fingerprint density at radius 2 is 2.39 bits per heavy atom. The predicted molar refractivity (Wildman–Crippen MR) is 81.3 cm³/mol. The maximum atomic E-state index is 5.54. The van der Waals surface area contributed by atoms with Crippen molar-refractivity contribution in [2.45, 2.75) is 25.5 Å². The maximum Gasteiger partial charge on any atom is 0.191 e. The van der Waals surface area contributed by atoms with Crippen LogP contribution in [0.5, 0.6) is 0 Å². The molecular weight excluding hydrogens is 345 g/mol. The Morgan fingerprint density at radius 3 is 3.00 bits per heavy atom. The van der Waals surface area contributed by atoms with Gasteiger partial charge >= 0.3 is 0 Å². The monoisotopic (exact) mass is 365 g/mol. The molecule has 2 rings (SSSR count). The summed E-state index contributed by atoms with van der Waals surface area (Å²) in [6.45, 7) is 2.40. The van der Waals surface area contributed by atoms with Gasteiger partial charge in [-0.1, -0.05) is 0 Å². The van der Waals surface area contributed by atoms with E-state index in [2.05, 4.69) is 15.6 Å². The molecule has 1 aromatic heterocycles. The highest BCUT2D eigenvalue weighted by Gasteiger charge is 2.15. The van der Waals surface area contributed by atoms with Crippen LogP contribution in [-0.4, -0.2) is 32.3 Å². The first-order valence-electron chi connectivity index (χ1n) is 5.95. The first-order chi connectivity index (χ1) is 8.38. The quantitative estimate of drug-likeness (QED) is 0.485. The third kappa shape index (κ3) is 4.85. The van der Waals surface area contributed by atoms with Crippen LogP contribution in [-0.2, 0) is 11.3 Å². The molecule has 102 valence electrons. The van der Waals surface area contributed by atoms with E-state index in [4.69, 9.17) is 9.15 Å². The average molecular weight is 365 g/mol. The molecule has 1 atom stereocenters. The van der Waals surface area contributed by atoms with Crippen LogP contribution < -0.4 is 10.6 Å². The molecule has 5 nitrogen and oxygen atoms in total. The van der Waals surface area contributed by atoms with E-state index in [9.17, 15) is 0 Å². The van der Waals surface area contributed by atoms with E-state index in [0.29, 0.717) is 12.6 Å². The molecular formula is C12H20IN3O2. The zero-order valence-electron chi connectivity index (χ0n) is 10.5. The van der Waals surface area contributed by atoms with Crippen molar-refractivity contribution >= 4 is 29.9 Å². The van der Waals surface area contributed by atoms with Gasteiger partial charge in [-0.2, -0.15) is 0 Å². The Hall–Kier alpha value is -0.760. The number of guanidine groups is 1. The summed E-state index contributed by atoms with van der Waals surface area (Å²) in [5, 5.41) is 6.48. The number of nitrogens with zero attached hydrogens (tertiary/aromatic N) is 1. The number of nitrogens with one attached hydrogen (secondary N) is 2. The van der Waals surface area contributed by atoms with Gasteiger partial charge in [0.25, 0.3) is 0 Å². The zero-order chi connectivity index (χ0) is 11.9. The summed E-state index contributed by atoms with van der Waals surface area (Å²) in [7, 11) is 1.76. The van der Waals surface area contributed by atoms with Crippen LogP contribution in [0.15, 0.2) is 28.0 Å². The van der Waals surface area contributed by atoms with Crippen LogP contribution >= 0.6 is 24.0 Å². The molecule has 1 fully saturated rings. The highest BCUT2D eigenvalue weighted by molar-refractivity contribution is 14.0. The molecule has 1 unspecified atom stereocenters. The molecule has 1 aliphatic rings. The van der Waals surface area contributed by atoms with E-state index in [1.165, 1.54) is 0 Å². The third-order valence-electron chi connectivity index (χ3n) is 2.78. The molecule has 0 radical (unpaired) electrons. The Labute approximate surface area is 124 Å². The molecule has 6 heteroatoms. The van der Waals surface area contributed by atoms with Crippen molar-refractivity contribution in [2.75, 3.05) is 20.2 Å². The Balaban J connectivity index is 0.00000162. The number of hydrogen-bond donors (Lipinski definition) is 2. The largest absolute Gasteiger partial charge is 0.472 e. The summed E-state index contributed by atoms with van der Waals surface area (Å²) < 4.78 is 10.5. The molecule has 0 bridgehead atoms. The molecule has 0 aliphatic carbocycles. The molecule has 2 heterocycles. The van der Waals surface area contributed by atoms with Crippen molar-refractivity contribution in [3.8, 4) is 0 Å². The topological polar surface area (TPSA) is 58.8 Å². The third-order valence-corrected chi connectivity index (χ3v) is 2.78.